The van der Waals surface area contributed by atoms with Crippen molar-refractivity contribution in [2.45, 2.75) is 26.1 Å². The highest BCUT2D eigenvalue weighted by molar-refractivity contribution is 7.71. The molecule has 2 aromatic heterocycles. The van der Waals surface area contributed by atoms with Crippen molar-refractivity contribution in [3.05, 3.63) is 68.4 Å². The molecule has 0 amide bonds. The van der Waals surface area contributed by atoms with Gasteiger partial charge < -0.3 is 0 Å². The van der Waals surface area contributed by atoms with E-state index < -0.39 is 0 Å². The number of benzene rings is 1. The minimum atomic E-state index is 0.275. The molecule has 0 aliphatic carbocycles. The minimum Gasteiger partial charge on any atom is -0.282 e. The fourth-order valence-corrected chi connectivity index (χ4v) is 4.44. The maximum absolute atomic E-state index is 5.35. The van der Waals surface area contributed by atoms with E-state index in [2.05, 4.69) is 56.8 Å². The molecule has 3 heterocycles. The van der Waals surface area contributed by atoms with Crippen molar-refractivity contribution in [1.82, 2.24) is 19.7 Å². The second kappa shape index (κ2) is 6.03. The first-order valence-corrected chi connectivity index (χ1v) is 9.00. The Bertz CT molecular complexity index is 862. The third kappa shape index (κ3) is 2.78. The second-order valence-electron chi connectivity index (χ2n) is 5.84. The van der Waals surface area contributed by atoms with Crippen LogP contribution in [0.3, 0.4) is 0 Å². The van der Waals surface area contributed by atoms with Crippen molar-refractivity contribution < 1.29 is 0 Å². The number of hydrogen-bond acceptors (Lipinski definition) is 4. The molecule has 1 atom stereocenters. The van der Waals surface area contributed by atoms with Crippen molar-refractivity contribution in [3.8, 4) is 0 Å². The summed E-state index contributed by atoms with van der Waals surface area (Å²) in [6, 6.07) is 13.3. The van der Waals surface area contributed by atoms with E-state index in [0.29, 0.717) is 4.77 Å². The number of hydrogen-bond donors (Lipinski definition) is 1. The van der Waals surface area contributed by atoms with E-state index in [-0.39, 0.29) is 6.04 Å². The summed E-state index contributed by atoms with van der Waals surface area (Å²) in [5.41, 5.74) is 2.75. The number of thiophene rings is 1. The Morgan fingerprint density at radius 1 is 1.30 bits per heavy atom. The predicted octanol–water partition coefficient (Wildman–Crippen LogP) is 3.92. The van der Waals surface area contributed by atoms with E-state index in [4.69, 9.17) is 12.2 Å². The third-order valence-electron chi connectivity index (χ3n) is 4.30. The average Bonchev–Trinajstić information content (AvgIpc) is 3.14. The van der Waals surface area contributed by atoms with Crippen LogP contribution in [0.25, 0.3) is 0 Å². The quantitative estimate of drug-likeness (QED) is 0.733. The molecule has 0 fully saturated rings. The molecule has 1 unspecified atom stereocenters. The summed E-state index contributed by atoms with van der Waals surface area (Å²) in [5.74, 6) is 0.861. The Kier molecular flexibility index (Phi) is 3.88. The standard InChI is InChI=1S/C17H18N4S2/c1-12-18-17(22)21(19-12)11-20-9-7-15-14(8-10-23-15)16(20)13-5-3-2-4-6-13/h2-6,8,10,16H,7,9,11H2,1H3,(H,18,19,22). The molecular weight excluding hydrogens is 324 g/mol. The Balaban J connectivity index is 1.73. The zero-order valence-corrected chi connectivity index (χ0v) is 14.5. The Morgan fingerprint density at radius 3 is 2.87 bits per heavy atom. The number of rotatable bonds is 3. The van der Waals surface area contributed by atoms with Crippen LogP contribution in [-0.2, 0) is 13.1 Å². The maximum Gasteiger partial charge on any atom is 0.217 e. The molecule has 0 radical (unpaired) electrons. The molecule has 23 heavy (non-hydrogen) atoms. The predicted molar refractivity (Wildman–Crippen MR) is 95.2 cm³/mol. The SMILES string of the molecule is Cc1nc(=S)n(CN2CCc3sccc3C2c2ccccc2)[nH]1. The fourth-order valence-electron chi connectivity index (χ4n) is 3.30. The number of aromatic nitrogens is 3. The van der Waals surface area contributed by atoms with Crippen molar-refractivity contribution in [1.29, 1.82) is 0 Å². The van der Waals surface area contributed by atoms with Gasteiger partial charge in [-0.15, -0.1) is 11.3 Å². The highest BCUT2D eigenvalue weighted by Gasteiger charge is 2.29. The van der Waals surface area contributed by atoms with E-state index in [0.717, 1.165) is 25.5 Å². The molecule has 0 spiro atoms. The molecule has 1 N–H and O–H groups in total. The molecule has 4 rings (SSSR count). The molecule has 1 aliphatic rings. The van der Waals surface area contributed by atoms with Crippen LogP contribution in [0.4, 0.5) is 0 Å². The molecule has 118 valence electrons. The molecule has 0 bridgehead atoms. The van der Waals surface area contributed by atoms with Gasteiger partial charge in [0.05, 0.1) is 12.7 Å². The maximum atomic E-state index is 5.35. The molecule has 0 saturated carbocycles. The molecule has 6 heteroatoms. The lowest BCUT2D eigenvalue weighted by Crippen LogP contribution is -2.37. The smallest absolute Gasteiger partial charge is 0.217 e. The summed E-state index contributed by atoms with van der Waals surface area (Å²) in [5, 5.41) is 5.45. The zero-order valence-electron chi connectivity index (χ0n) is 12.9. The number of aryl methyl sites for hydroxylation is 1. The van der Waals surface area contributed by atoms with E-state index in [1.807, 2.05) is 22.9 Å². The second-order valence-corrected chi connectivity index (χ2v) is 7.20. The highest BCUT2D eigenvalue weighted by Crippen LogP contribution is 2.37. The van der Waals surface area contributed by atoms with Gasteiger partial charge in [0.25, 0.3) is 0 Å². The van der Waals surface area contributed by atoms with E-state index in [9.17, 15) is 0 Å². The minimum absolute atomic E-state index is 0.275. The van der Waals surface area contributed by atoms with Crippen LogP contribution in [0.5, 0.6) is 0 Å². The van der Waals surface area contributed by atoms with Gasteiger partial charge in [0.1, 0.15) is 5.82 Å². The van der Waals surface area contributed by atoms with Crippen molar-refractivity contribution in [2.75, 3.05) is 6.54 Å². The van der Waals surface area contributed by atoms with E-state index in [1.54, 1.807) is 0 Å². The lowest BCUT2D eigenvalue weighted by atomic mass is 9.94. The van der Waals surface area contributed by atoms with Crippen LogP contribution in [0.1, 0.15) is 27.9 Å². The third-order valence-corrected chi connectivity index (χ3v) is 5.60. The summed E-state index contributed by atoms with van der Waals surface area (Å²) in [7, 11) is 0. The lowest BCUT2D eigenvalue weighted by Gasteiger charge is -2.36. The summed E-state index contributed by atoms with van der Waals surface area (Å²) in [4.78, 5) is 8.28. The zero-order chi connectivity index (χ0) is 15.8. The largest absolute Gasteiger partial charge is 0.282 e. The number of nitrogens with one attached hydrogen (secondary N) is 1. The number of nitrogens with zero attached hydrogens (tertiary/aromatic N) is 3. The number of fused-ring (bicyclic) bond motifs is 1. The Hall–Kier alpha value is -1.76. The van der Waals surface area contributed by atoms with Gasteiger partial charge in [0.2, 0.25) is 4.77 Å². The van der Waals surface area contributed by atoms with Crippen LogP contribution in [-0.4, -0.2) is 26.2 Å². The van der Waals surface area contributed by atoms with E-state index >= 15 is 0 Å². The molecule has 3 aromatic rings. The summed E-state index contributed by atoms with van der Waals surface area (Å²) in [6.07, 6.45) is 1.09. The van der Waals surface area contributed by atoms with Gasteiger partial charge in [-0.2, -0.15) is 0 Å². The van der Waals surface area contributed by atoms with Crippen LogP contribution >= 0.6 is 23.6 Å². The molecule has 1 aromatic carbocycles. The van der Waals surface area contributed by atoms with Gasteiger partial charge in [-0.05, 0) is 48.1 Å². The first-order chi connectivity index (χ1) is 11.2. The first kappa shape index (κ1) is 14.8. The topological polar surface area (TPSA) is 36.9 Å². The number of aromatic amines is 1. The Morgan fingerprint density at radius 2 is 2.13 bits per heavy atom. The van der Waals surface area contributed by atoms with Gasteiger partial charge in [0.15, 0.2) is 0 Å². The van der Waals surface area contributed by atoms with Crippen LogP contribution in [0.2, 0.25) is 0 Å². The summed E-state index contributed by atoms with van der Waals surface area (Å²) in [6.45, 7) is 3.69. The van der Waals surface area contributed by atoms with Gasteiger partial charge in [0, 0.05) is 11.4 Å². The van der Waals surface area contributed by atoms with Crippen molar-refractivity contribution in [2.24, 2.45) is 0 Å². The number of H-pyrrole nitrogens is 1. The first-order valence-electron chi connectivity index (χ1n) is 7.71. The van der Waals surface area contributed by atoms with E-state index in [1.165, 1.54) is 16.0 Å². The summed E-state index contributed by atoms with van der Waals surface area (Å²) < 4.78 is 2.57. The van der Waals surface area contributed by atoms with Crippen molar-refractivity contribution in [3.63, 3.8) is 0 Å². The van der Waals surface area contributed by atoms with Gasteiger partial charge >= 0.3 is 0 Å². The van der Waals surface area contributed by atoms with Gasteiger partial charge in [-0.25, -0.2) is 9.67 Å². The monoisotopic (exact) mass is 342 g/mol. The Labute approximate surface area is 144 Å². The summed E-state index contributed by atoms with van der Waals surface area (Å²) >= 11 is 7.22. The normalized spacial score (nSPS) is 18.0. The van der Waals surface area contributed by atoms with Crippen LogP contribution < -0.4 is 0 Å². The lowest BCUT2D eigenvalue weighted by molar-refractivity contribution is 0.156. The van der Waals surface area contributed by atoms with Crippen LogP contribution in [0, 0.1) is 11.7 Å². The molecule has 1 aliphatic heterocycles. The fraction of sp³-hybridized carbons (Fsp3) is 0.294. The van der Waals surface area contributed by atoms with Gasteiger partial charge in [-0.3, -0.25) is 10.00 Å². The highest BCUT2D eigenvalue weighted by atomic mass is 32.1. The van der Waals surface area contributed by atoms with Crippen LogP contribution in [0.15, 0.2) is 41.8 Å². The molecule has 0 saturated heterocycles. The average molecular weight is 342 g/mol. The molecule has 4 nitrogen and oxygen atoms in total. The van der Waals surface area contributed by atoms with Gasteiger partial charge in [-0.1, -0.05) is 30.3 Å². The van der Waals surface area contributed by atoms with Crippen molar-refractivity contribution >= 4 is 23.6 Å². The molecular formula is C17H18N4S2.